The van der Waals surface area contributed by atoms with Crippen LogP contribution < -0.4 is 16.0 Å². The number of carbonyl (C=O) groups is 3. The minimum atomic E-state index is -0.872. The van der Waals surface area contributed by atoms with Gasteiger partial charge in [-0.2, -0.15) is 0 Å². The number of benzene rings is 1. The number of nitrogens with one attached hydrogen (secondary N) is 2. The summed E-state index contributed by atoms with van der Waals surface area (Å²) in [6, 6.07) is 6.20. The second kappa shape index (κ2) is 8.64. The molecule has 5 N–H and O–H groups in total. The topological polar surface area (TPSA) is 145 Å². The second-order valence-electron chi connectivity index (χ2n) is 10.9. The molecule has 1 aromatic carbocycles. The third kappa shape index (κ3) is 3.77. The third-order valence-corrected chi connectivity index (χ3v) is 8.74. The molecule has 194 valence electrons. The molecule has 6 rings (SSSR count). The highest BCUT2D eigenvalue weighted by Gasteiger charge is 2.46. The molecule has 0 aliphatic carbocycles. The van der Waals surface area contributed by atoms with Crippen molar-refractivity contribution < 1.29 is 19.5 Å². The summed E-state index contributed by atoms with van der Waals surface area (Å²) in [5.74, 6) is 0.564. The van der Waals surface area contributed by atoms with Crippen molar-refractivity contribution in [3.63, 3.8) is 0 Å². The van der Waals surface area contributed by atoms with Crippen molar-refractivity contribution in [3.05, 3.63) is 35.5 Å². The SMILES string of the molecule is CC1CC(c2ccc3[nH]c4c(C(N)=O)cnc(N5CCCC6(CCNC6=O)C5)c4c3c2)CCN1C(=O)O. The van der Waals surface area contributed by atoms with Crippen LogP contribution in [0.3, 0.4) is 0 Å². The number of hydrogen-bond donors (Lipinski definition) is 4. The molecule has 5 heterocycles. The number of hydrogen-bond acceptors (Lipinski definition) is 5. The molecule has 1 spiro atoms. The maximum Gasteiger partial charge on any atom is 0.407 e. The van der Waals surface area contributed by atoms with E-state index in [9.17, 15) is 19.5 Å². The van der Waals surface area contributed by atoms with E-state index in [1.165, 1.54) is 11.1 Å². The van der Waals surface area contributed by atoms with Crippen molar-refractivity contribution in [1.29, 1.82) is 0 Å². The van der Waals surface area contributed by atoms with Crippen LogP contribution in [0.15, 0.2) is 24.4 Å². The molecule has 0 bridgehead atoms. The van der Waals surface area contributed by atoms with E-state index in [2.05, 4.69) is 27.3 Å². The Hall–Kier alpha value is -3.82. The van der Waals surface area contributed by atoms with E-state index >= 15 is 0 Å². The minimum Gasteiger partial charge on any atom is -0.465 e. The normalized spacial score (nSPS) is 26.2. The molecule has 3 aliphatic rings. The first-order chi connectivity index (χ1) is 17.8. The van der Waals surface area contributed by atoms with E-state index in [-0.39, 0.29) is 17.9 Å². The van der Waals surface area contributed by atoms with E-state index in [1.807, 2.05) is 13.0 Å². The minimum absolute atomic E-state index is 0.0595. The highest BCUT2D eigenvalue weighted by atomic mass is 16.4. The number of likely N-dealkylation sites (tertiary alicyclic amines) is 1. The van der Waals surface area contributed by atoms with Gasteiger partial charge in [-0.25, -0.2) is 9.78 Å². The molecular formula is C27H32N6O4. The third-order valence-electron chi connectivity index (χ3n) is 8.74. The number of carboxylic acid groups (broad SMARTS) is 1. The molecule has 0 radical (unpaired) electrons. The summed E-state index contributed by atoms with van der Waals surface area (Å²) in [5, 5.41) is 14.3. The van der Waals surface area contributed by atoms with Crippen molar-refractivity contribution in [2.24, 2.45) is 11.1 Å². The lowest BCUT2D eigenvalue weighted by molar-refractivity contribution is -0.128. The maximum absolute atomic E-state index is 12.7. The zero-order chi connectivity index (χ0) is 25.9. The maximum atomic E-state index is 12.7. The number of aromatic nitrogens is 2. The number of pyridine rings is 1. The number of primary amides is 1. The number of anilines is 1. The fraction of sp³-hybridized carbons (Fsp3) is 0.481. The summed E-state index contributed by atoms with van der Waals surface area (Å²) in [6.45, 7) is 4.53. The number of rotatable bonds is 3. The molecule has 0 saturated carbocycles. The van der Waals surface area contributed by atoms with Gasteiger partial charge in [0.2, 0.25) is 5.91 Å². The fourth-order valence-electron chi connectivity index (χ4n) is 6.76. The number of H-pyrrole nitrogens is 1. The lowest BCUT2D eigenvalue weighted by atomic mass is 9.78. The van der Waals surface area contributed by atoms with Gasteiger partial charge in [-0.05, 0) is 62.6 Å². The zero-order valence-electron chi connectivity index (χ0n) is 20.9. The van der Waals surface area contributed by atoms with Crippen molar-refractivity contribution in [1.82, 2.24) is 20.2 Å². The van der Waals surface area contributed by atoms with E-state index < -0.39 is 17.4 Å². The molecule has 10 heteroatoms. The second-order valence-corrected chi connectivity index (χ2v) is 10.9. The van der Waals surface area contributed by atoms with Gasteiger partial charge in [-0.15, -0.1) is 0 Å². The highest BCUT2D eigenvalue weighted by molar-refractivity contribution is 6.18. The Morgan fingerprint density at radius 1 is 1.24 bits per heavy atom. The average molecular weight is 505 g/mol. The Bertz CT molecular complexity index is 1430. The number of fused-ring (bicyclic) bond motifs is 3. The number of nitrogens with zero attached hydrogens (tertiary/aromatic N) is 3. The summed E-state index contributed by atoms with van der Waals surface area (Å²) in [7, 11) is 0. The van der Waals surface area contributed by atoms with Gasteiger partial charge in [0.1, 0.15) is 5.82 Å². The summed E-state index contributed by atoms with van der Waals surface area (Å²) >= 11 is 0. The van der Waals surface area contributed by atoms with Crippen LogP contribution >= 0.6 is 0 Å². The van der Waals surface area contributed by atoms with Gasteiger partial charge < -0.3 is 30.9 Å². The number of aromatic amines is 1. The number of nitrogens with two attached hydrogens (primary N) is 1. The zero-order valence-corrected chi connectivity index (χ0v) is 20.9. The van der Waals surface area contributed by atoms with Gasteiger partial charge in [-0.3, -0.25) is 9.59 Å². The van der Waals surface area contributed by atoms with E-state index in [0.717, 1.165) is 66.3 Å². The predicted molar refractivity (Wildman–Crippen MR) is 140 cm³/mol. The number of carbonyl (C=O) groups excluding carboxylic acids is 2. The fourth-order valence-corrected chi connectivity index (χ4v) is 6.76. The predicted octanol–water partition coefficient (Wildman–Crippen LogP) is 3.17. The van der Waals surface area contributed by atoms with Crippen molar-refractivity contribution in [3.8, 4) is 0 Å². The molecule has 3 amide bonds. The highest BCUT2D eigenvalue weighted by Crippen LogP contribution is 2.42. The van der Waals surface area contributed by atoms with Gasteiger partial charge in [0, 0.05) is 49.3 Å². The van der Waals surface area contributed by atoms with Gasteiger partial charge in [0.15, 0.2) is 0 Å². The molecule has 3 aromatic rings. The summed E-state index contributed by atoms with van der Waals surface area (Å²) < 4.78 is 0. The molecule has 3 saturated heterocycles. The van der Waals surface area contributed by atoms with Crippen LogP contribution in [0.1, 0.15) is 60.9 Å². The van der Waals surface area contributed by atoms with Crippen molar-refractivity contribution in [2.75, 3.05) is 31.1 Å². The Kier molecular flexibility index (Phi) is 5.50. The van der Waals surface area contributed by atoms with Gasteiger partial charge >= 0.3 is 6.09 Å². The molecular weight excluding hydrogens is 472 g/mol. The summed E-state index contributed by atoms with van der Waals surface area (Å²) in [6.07, 6.45) is 4.74. The van der Waals surface area contributed by atoms with Crippen LogP contribution in [0, 0.1) is 5.41 Å². The molecule has 3 fully saturated rings. The van der Waals surface area contributed by atoms with Crippen LogP contribution in [0.4, 0.5) is 10.6 Å². The first-order valence-electron chi connectivity index (χ1n) is 13.0. The molecule has 10 nitrogen and oxygen atoms in total. The lowest BCUT2D eigenvalue weighted by Gasteiger charge is -2.39. The quantitative estimate of drug-likeness (QED) is 0.431. The van der Waals surface area contributed by atoms with Crippen LogP contribution in [0.25, 0.3) is 21.8 Å². The molecule has 3 atom stereocenters. The van der Waals surface area contributed by atoms with Gasteiger partial charge in [0.05, 0.1) is 21.9 Å². The molecule has 37 heavy (non-hydrogen) atoms. The van der Waals surface area contributed by atoms with Crippen LogP contribution in [0.2, 0.25) is 0 Å². The van der Waals surface area contributed by atoms with Crippen LogP contribution in [0.5, 0.6) is 0 Å². The Morgan fingerprint density at radius 3 is 2.78 bits per heavy atom. The Balaban J connectivity index is 1.45. The first kappa shape index (κ1) is 23.6. The van der Waals surface area contributed by atoms with E-state index in [1.54, 1.807) is 0 Å². The Morgan fingerprint density at radius 2 is 2.08 bits per heavy atom. The molecule has 2 aromatic heterocycles. The monoisotopic (exact) mass is 504 g/mol. The first-order valence-corrected chi connectivity index (χ1v) is 13.0. The smallest absolute Gasteiger partial charge is 0.407 e. The van der Waals surface area contributed by atoms with Crippen LogP contribution in [-0.2, 0) is 4.79 Å². The van der Waals surface area contributed by atoms with Crippen molar-refractivity contribution in [2.45, 2.75) is 51.0 Å². The Labute approximate surface area is 214 Å². The van der Waals surface area contributed by atoms with E-state index in [4.69, 9.17) is 10.7 Å². The largest absolute Gasteiger partial charge is 0.465 e. The van der Waals surface area contributed by atoms with Crippen LogP contribution in [-0.4, -0.2) is 70.1 Å². The molecule has 3 unspecified atom stereocenters. The number of piperidine rings is 2. The summed E-state index contributed by atoms with van der Waals surface area (Å²) in [4.78, 5) is 48.4. The lowest BCUT2D eigenvalue weighted by Crippen LogP contribution is -2.47. The average Bonchev–Trinajstić information content (AvgIpc) is 3.42. The van der Waals surface area contributed by atoms with Gasteiger partial charge in [-0.1, -0.05) is 6.07 Å². The van der Waals surface area contributed by atoms with E-state index in [0.29, 0.717) is 30.7 Å². The summed E-state index contributed by atoms with van der Waals surface area (Å²) in [5.41, 5.74) is 8.35. The van der Waals surface area contributed by atoms with Gasteiger partial charge in [0.25, 0.3) is 5.91 Å². The number of amides is 3. The van der Waals surface area contributed by atoms with Crippen molar-refractivity contribution >= 4 is 45.5 Å². The standard InChI is InChI=1S/C27H32N6O4/c1-15-11-17(5-10-33(15)26(36)37)16-3-4-20-18(12-16)21-22(31-20)19(23(28)34)13-30-24(21)32-9-2-6-27(14-32)7-8-29-25(27)35/h3-4,12-13,15,17,31H,2,5-11,14H2,1H3,(H2,28,34)(H,29,35)(H,36,37). The molecule has 3 aliphatic heterocycles.